The van der Waals surface area contributed by atoms with Crippen LogP contribution in [0.15, 0.2) is 88.1 Å². The third-order valence-corrected chi connectivity index (χ3v) is 4.90. The molecule has 4 aromatic rings. The van der Waals surface area contributed by atoms with Crippen molar-refractivity contribution in [3.05, 3.63) is 101 Å². The maximum atomic E-state index is 12.7. The van der Waals surface area contributed by atoms with E-state index in [1.807, 2.05) is 54.6 Å². The van der Waals surface area contributed by atoms with E-state index in [1.165, 1.54) is 4.57 Å². The summed E-state index contributed by atoms with van der Waals surface area (Å²) in [5.41, 5.74) is 3.06. The fraction of sp³-hybridized carbons (Fsp3) is 0.167. The summed E-state index contributed by atoms with van der Waals surface area (Å²) in [5, 5.41) is 2.88. The molecule has 30 heavy (non-hydrogen) atoms. The van der Waals surface area contributed by atoms with Gasteiger partial charge in [-0.2, -0.15) is 0 Å². The summed E-state index contributed by atoms with van der Waals surface area (Å²) in [5.74, 6) is -0.0786. The number of hydrogen-bond donors (Lipinski definition) is 1. The Balaban J connectivity index is 1.40. The van der Waals surface area contributed by atoms with Gasteiger partial charge in [0.15, 0.2) is 5.58 Å². The average molecular weight is 402 g/mol. The van der Waals surface area contributed by atoms with E-state index in [2.05, 4.69) is 5.32 Å². The second kappa shape index (κ2) is 8.69. The van der Waals surface area contributed by atoms with Crippen molar-refractivity contribution in [3.63, 3.8) is 0 Å². The van der Waals surface area contributed by atoms with Crippen LogP contribution in [0.25, 0.3) is 11.1 Å². The zero-order valence-corrected chi connectivity index (χ0v) is 16.6. The van der Waals surface area contributed by atoms with Crippen LogP contribution in [0.2, 0.25) is 0 Å². The summed E-state index contributed by atoms with van der Waals surface area (Å²) in [6, 6.07) is 23.9. The van der Waals surface area contributed by atoms with Crippen LogP contribution < -0.4 is 15.8 Å². The molecule has 1 N–H and O–H groups in total. The van der Waals surface area contributed by atoms with Gasteiger partial charge in [0.05, 0.1) is 5.52 Å². The molecule has 1 amide bonds. The Morgan fingerprint density at radius 1 is 1.00 bits per heavy atom. The molecule has 0 aliphatic heterocycles. The zero-order valence-electron chi connectivity index (χ0n) is 16.6. The molecule has 3 aromatic carbocycles. The van der Waals surface area contributed by atoms with Crippen LogP contribution in [-0.2, 0) is 17.9 Å². The Hall–Kier alpha value is -3.80. The minimum absolute atomic E-state index is 0.265. The fourth-order valence-electron chi connectivity index (χ4n) is 3.29. The molecule has 0 saturated carbocycles. The Bertz CT molecular complexity index is 1210. The number of ether oxygens (including phenoxy) is 1. The highest BCUT2D eigenvalue weighted by molar-refractivity contribution is 5.82. The predicted octanol–water partition coefficient (Wildman–Crippen LogP) is 4.05. The number of rotatable bonds is 7. The molecule has 0 bridgehead atoms. The lowest BCUT2D eigenvalue weighted by Gasteiger charge is -2.14. The highest BCUT2D eigenvalue weighted by atomic mass is 16.5. The van der Waals surface area contributed by atoms with Crippen molar-refractivity contribution in [3.8, 4) is 5.75 Å². The molecule has 4 rings (SSSR count). The number of carbonyl (C=O) groups is 1. The fourth-order valence-corrected chi connectivity index (χ4v) is 3.29. The predicted molar refractivity (Wildman–Crippen MR) is 114 cm³/mol. The number of aromatic nitrogens is 1. The van der Waals surface area contributed by atoms with Crippen LogP contribution in [0, 0.1) is 0 Å². The van der Waals surface area contributed by atoms with Crippen LogP contribution in [0.3, 0.4) is 0 Å². The molecule has 0 aliphatic carbocycles. The average Bonchev–Trinajstić information content (AvgIpc) is 3.12. The molecule has 0 spiro atoms. The number of nitrogens with one attached hydrogen (secondary N) is 1. The van der Waals surface area contributed by atoms with Gasteiger partial charge in [-0.25, -0.2) is 4.79 Å². The number of nitrogens with zero attached hydrogens (tertiary/aromatic N) is 1. The number of oxazole rings is 1. The smallest absolute Gasteiger partial charge is 0.420 e. The molecular weight excluding hydrogens is 380 g/mol. The van der Waals surface area contributed by atoms with Crippen LogP contribution in [0.1, 0.15) is 24.1 Å². The molecule has 1 unspecified atom stereocenters. The third-order valence-electron chi connectivity index (χ3n) is 4.90. The molecule has 1 atom stereocenters. The molecule has 6 nitrogen and oxygen atoms in total. The normalized spacial score (nSPS) is 11.9. The van der Waals surface area contributed by atoms with Gasteiger partial charge in [-0.3, -0.25) is 9.36 Å². The number of fused-ring (bicyclic) bond motifs is 1. The van der Waals surface area contributed by atoms with Gasteiger partial charge in [0.2, 0.25) is 5.91 Å². The largest absolute Gasteiger partial charge is 0.489 e. The first-order valence-corrected chi connectivity index (χ1v) is 9.75. The molecule has 1 aromatic heterocycles. The molecular formula is C24H22N2O4. The summed E-state index contributed by atoms with van der Waals surface area (Å²) in [6.45, 7) is 2.48. The second-order valence-corrected chi connectivity index (χ2v) is 7.02. The maximum Gasteiger partial charge on any atom is 0.420 e. The summed E-state index contributed by atoms with van der Waals surface area (Å²) in [4.78, 5) is 24.9. The first-order valence-electron chi connectivity index (χ1n) is 9.75. The lowest BCUT2D eigenvalue weighted by molar-refractivity contribution is -0.124. The first-order chi connectivity index (χ1) is 14.6. The van der Waals surface area contributed by atoms with Crippen molar-refractivity contribution in [2.24, 2.45) is 0 Å². The third kappa shape index (κ3) is 4.27. The molecule has 6 heteroatoms. The highest BCUT2D eigenvalue weighted by Crippen LogP contribution is 2.18. The summed E-state index contributed by atoms with van der Waals surface area (Å²) < 4.78 is 12.4. The van der Waals surface area contributed by atoms with E-state index in [0.29, 0.717) is 24.3 Å². The zero-order chi connectivity index (χ0) is 20.9. The highest BCUT2D eigenvalue weighted by Gasteiger charge is 2.20. The lowest BCUT2D eigenvalue weighted by atomic mass is 10.2. The summed E-state index contributed by atoms with van der Waals surface area (Å²) in [7, 11) is 0. The van der Waals surface area contributed by atoms with Gasteiger partial charge < -0.3 is 14.5 Å². The minimum atomic E-state index is -0.696. The van der Waals surface area contributed by atoms with Gasteiger partial charge in [-0.05, 0) is 42.3 Å². The monoisotopic (exact) mass is 402 g/mol. The topological polar surface area (TPSA) is 73.5 Å². The molecule has 0 saturated heterocycles. The number of benzene rings is 3. The summed E-state index contributed by atoms with van der Waals surface area (Å²) >= 11 is 0. The Morgan fingerprint density at radius 2 is 1.73 bits per heavy atom. The first kappa shape index (κ1) is 19.5. The van der Waals surface area contributed by atoms with Gasteiger partial charge in [-0.1, -0.05) is 54.6 Å². The van der Waals surface area contributed by atoms with Gasteiger partial charge in [-0.15, -0.1) is 0 Å². The van der Waals surface area contributed by atoms with Crippen molar-refractivity contribution in [2.45, 2.75) is 26.1 Å². The lowest BCUT2D eigenvalue weighted by Crippen LogP contribution is -2.34. The SMILES string of the molecule is CC(C(=O)NCc1cccc(OCc2ccccc2)c1)n1c(=O)oc2ccccc21. The number of para-hydroxylation sites is 2. The Kier molecular flexibility index (Phi) is 5.66. The van der Waals surface area contributed by atoms with Gasteiger partial charge in [0.25, 0.3) is 0 Å². The van der Waals surface area contributed by atoms with Gasteiger partial charge in [0, 0.05) is 6.54 Å². The molecule has 0 aliphatic rings. The number of amides is 1. The molecule has 0 radical (unpaired) electrons. The van der Waals surface area contributed by atoms with Crippen LogP contribution in [-0.4, -0.2) is 10.5 Å². The van der Waals surface area contributed by atoms with Crippen molar-refractivity contribution in [1.82, 2.24) is 9.88 Å². The molecule has 0 fully saturated rings. The Morgan fingerprint density at radius 3 is 2.57 bits per heavy atom. The van der Waals surface area contributed by atoms with E-state index in [-0.39, 0.29) is 5.91 Å². The minimum Gasteiger partial charge on any atom is -0.489 e. The van der Waals surface area contributed by atoms with Gasteiger partial charge >= 0.3 is 5.76 Å². The van der Waals surface area contributed by atoms with E-state index >= 15 is 0 Å². The summed E-state index contributed by atoms with van der Waals surface area (Å²) in [6.07, 6.45) is 0. The second-order valence-electron chi connectivity index (χ2n) is 7.02. The Labute approximate surface area is 173 Å². The van der Waals surface area contributed by atoms with Crippen LogP contribution in [0.5, 0.6) is 5.75 Å². The van der Waals surface area contributed by atoms with E-state index in [0.717, 1.165) is 16.9 Å². The van der Waals surface area contributed by atoms with E-state index in [1.54, 1.807) is 31.2 Å². The van der Waals surface area contributed by atoms with Crippen LogP contribution >= 0.6 is 0 Å². The van der Waals surface area contributed by atoms with Crippen molar-refractivity contribution in [2.75, 3.05) is 0 Å². The number of carbonyl (C=O) groups excluding carboxylic acids is 1. The van der Waals surface area contributed by atoms with Crippen molar-refractivity contribution in [1.29, 1.82) is 0 Å². The van der Waals surface area contributed by atoms with Gasteiger partial charge in [0.1, 0.15) is 18.4 Å². The van der Waals surface area contributed by atoms with E-state index in [4.69, 9.17) is 9.15 Å². The molecule has 152 valence electrons. The maximum absolute atomic E-state index is 12.7. The van der Waals surface area contributed by atoms with Crippen LogP contribution in [0.4, 0.5) is 0 Å². The standard InChI is InChI=1S/C24H22N2O4/c1-17(26-21-12-5-6-13-22(21)30-24(26)28)23(27)25-15-19-10-7-11-20(14-19)29-16-18-8-3-2-4-9-18/h2-14,17H,15-16H2,1H3,(H,25,27). The van der Waals surface area contributed by atoms with E-state index < -0.39 is 11.8 Å². The molecule has 1 heterocycles. The van der Waals surface area contributed by atoms with E-state index in [9.17, 15) is 9.59 Å². The van der Waals surface area contributed by atoms with Crippen molar-refractivity contribution >= 4 is 17.0 Å². The number of hydrogen-bond acceptors (Lipinski definition) is 4. The van der Waals surface area contributed by atoms with Crippen molar-refractivity contribution < 1.29 is 13.9 Å². The quantitative estimate of drug-likeness (QED) is 0.506.